The molecule has 1 fully saturated rings. The van der Waals surface area contributed by atoms with Crippen molar-refractivity contribution in [2.45, 2.75) is 39.0 Å². The van der Waals surface area contributed by atoms with Gasteiger partial charge in [-0.1, -0.05) is 11.8 Å². The third kappa shape index (κ3) is 7.15. The molecule has 7 nitrogen and oxygen atoms in total. The van der Waals surface area contributed by atoms with E-state index in [9.17, 15) is 27.6 Å². The van der Waals surface area contributed by atoms with Crippen LogP contribution in [0.15, 0.2) is 18.2 Å². The fourth-order valence-electron chi connectivity index (χ4n) is 2.42. The van der Waals surface area contributed by atoms with E-state index in [4.69, 9.17) is 4.74 Å². The number of benzene rings is 1. The maximum Gasteiger partial charge on any atom is 0.416 e. The molecule has 1 aromatic rings. The van der Waals surface area contributed by atoms with Gasteiger partial charge in [-0.2, -0.15) is 13.2 Å². The van der Waals surface area contributed by atoms with Crippen LogP contribution in [0.4, 0.5) is 34.1 Å². The molecule has 0 saturated carbocycles. The standard InChI is InChI=1S/C18H22F3N3O4S/c1-17(2,3)28-15(26)23-12-5-4-11(18(19,20)21)10-13(12)22-14(25)6-7-24-8-9-29-16(24)27/h4-5,10H,6-9H2,1-3H3,(H,22,25)(H,23,26). The molecular weight excluding hydrogens is 411 g/mol. The highest BCUT2D eigenvalue weighted by atomic mass is 32.2. The molecule has 11 heteroatoms. The molecule has 1 heterocycles. The minimum absolute atomic E-state index is 0.0339. The summed E-state index contributed by atoms with van der Waals surface area (Å²) in [6.45, 7) is 5.59. The van der Waals surface area contributed by atoms with Gasteiger partial charge in [-0.3, -0.25) is 14.9 Å². The maximum atomic E-state index is 13.0. The lowest BCUT2D eigenvalue weighted by atomic mass is 10.1. The SMILES string of the molecule is CC(C)(C)OC(=O)Nc1ccc(C(F)(F)F)cc1NC(=O)CCN1CCSC1=O. The Morgan fingerprint density at radius 3 is 2.41 bits per heavy atom. The fourth-order valence-corrected chi connectivity index (χ4v) is 3.28. The van der Waals surface area contributed by atoms with Gasteiger partial charge in [0.1, 0.15) is 5.60 Å². The lowest BCUT2D eigenvalue weighted by molar-refractivity contribution is -0.137. The van der Waals surface area contributed by atoms with Gasteiger partial charge in [0.15, 0.2) is 0 Å². The monoisotopic (exact) mass is 433 g/mol. The van der Waals surface area contributed by atoms with Gasteiger partial charge in [0.25, 0.3) is 5.24 Å². The second kappa shape index (κ2) is 8.93. The Morgan fingerprint density at radius 2 is 1.86 bits per heavy atom. The first-order chi connectivity index (χ1) is 13.3. The van der Waals surface area contributed by atoms with Crippen LogP contribution in [0.3, 0.4) is 0 Å². The number of anilines is 2. The Labute approximate surface area is 170 Å². The van der Waals surface area contributed by atoms with Gasteiger partial charge in [-0.15, -0.1) is 0 Å². The highest BCUT2D eigenvalue weighted by molar-refractivity contribution is 8.13. The van der Waals surface area contributed by atoms with Crippen molar-refractivity contribution in [3.63, 3.8) is 0 Å². The lowest BCUT2D eigenvalue weighted by Gasteiger charge is -2.21. The smallest absolute Gasteiger partial charge is 0.416 e. The normalized spacial score (nSPS) is 14.7. The molecule has 1 saturated heterocycles. The van der Waals surface area contributed by atoms with E-state index in [1.54, 1.807) is 20.8 Å². The van der Waals surface area contributed by atoms with Crippen LogP contribution in [0.25, 0.3) is 0 Å². The topological polar surface area (TPSA) is 87.7 Å². The van der Waals surface area contributed by atoms with Gasteiger partial charge < -0.3 is 15.0 Å². The van der Waals surface area contributed by atoms with Crippen molar-refractivity contribution in [3.05, 3.63) is 23.8 Å². The van der Waals surface area contributed by atoms with Crippen LogP contribution in [-0.2, 0) is 15.7 Å². The van der Waals surface area contributed by atoms with Crippen molar-refractivity contribution >= 4 is 40.4 Å². The number of carbonyl (C=O) groups excluding carboxylic acids is 3. The largest absolute Gasteiger partial charge is 0.444 e. The van der Waals surface area contributed by atoms with Gasteiger partial charge in [0.05, 0.1) is 16.9 Å². The number of rotatable bonds is 5. The van der Waals surface area contributed by atoms with E-state index < -0.39 is 29.3 Å². The van der Waals surface area contributed by atoms with Crippen LogP contribution < -0.4 is 10.6 Å². The number of carbonyl (C=O) groups is 3. The second-order valence-electron chi connectivity index (χ2n) is 7.28. The zero-order valence-corrected chi connectivity index (χ0v) is 17.0. The Hall–Kier alpha value is -2.43. The predicted molar refractivity (Wildman–Crippen MR) is 104 cm³/mol. The second-order valence-corrected chi connectivity index (χ2v) is 8.33. The van der Waals surface area contributed by atoms with Crippen molar-refractivity contribution in [3.8, 4) is 0 Å². The quantitative estimate of drug-likeness (QED) is 0.711. The molecule has 29 heavy (non-hydrogen) atoms. The highest BCUT2D eigenvalue weighted by Crippen LogP contribution is 2.34. The zero-order chi connectivity index (χ0) is 21.8. The van der Waals surface area contributed by atoms with Crippen LogP contribution >= 0.6 is 11.8 Å². The van der Waals surface area contributed by atoms with Crippen LogP contribution in [0.5, 0.6) is 0 Å². The summed E-state index contributed by atoms with van der Waals surface area (Å²) in [6.07, 6.45) is -5.58. The molecular formula is C18H22F3N3O4S. The number of hydrogen-bond donors (Lipinski definition) is 2. The van der Waals surface area contributed by atoms with Gasteiger partial charge in [0.2, 0.25) is 5.91 Å². The van der Waals surface area contributed by atoms with E-state index in [0.717, 1.165) is 30.0 Å². The van der Waals surface area contributed by atoms with E-state index in [-0.39, 0.29) is 29.6 Å². The summed E-state index contributed by atoms with van der Waals surface area (Å²) in [7, 11) is 0. The van der Waals surface area contributed by atoms with Crippen molar-refractivity contribution in [2.24, 2.45) is 0 Å². The number of alkyl halides is 3. The van der Waals surface area contributed by atoms with Crippen LogP contribution in [0.1, 0.15) is 32.8 Å². The summed E-state index contributed by atoms with van der Waals surface area (Å²) in [5.74, 6) is 0.0548. The zero-order valence-electron chi connectivity index (χ0n) is 16.2. The van der Waals surface area contributed by atoms with Gasteiger partial charge >= 0.3 is 12.3 Å². The summed E-state index contributed by atoms with van der Waals surface area (Å²) in [5.41, 5.74) is -2.03. The number of amides is 3. The lowest BCUT2D eigenvalue weighted by Crippen LogP contribution is -2.29. The van der Waals surface area contributed by atoms with Crippen molar-refractivity contribution in [2.75, 3.05) is 29.5 Å². The summed E-state index contributed by atoms with van der Waals surface area (Å²) >= 11 is 1.15. The Kier molecular flexibility index (Phi) is 7.04. The Bertz CT molecular complexity index is 794. The highest BCUT2D eigenvalue weighted by Gasteiger charge is 2.31. The Morgan fingerprint density at radius 1 is 1.17 bits per heavy atom. The molecule has 3 amide bonds. The van der Waals surface area contributed by atoms with Crippen LogP contribution in [0, 0.1) is 0 Å². The fraction of sp³-hybridized carbons (Fsp3) is 0.500. The number of nitrogens with zero attached hydrogens (tertiary/aromatic N) is 1. The first kappa shape index (κ1) is 22.9. The molecule has 2 N–H and O–H groups in total. The molecule has 2 rings (SSSR count). The van der Waals surface area contributed by atoms with Crippen LogP contribution in [0.2, 0.25) is 0 Å². The average Bonchev–Trinajstić information content (AvgIpc) is 2.97. The summed E-state index contributed by atoms with van der Waals surface area (Å²) in [5, 5.41) is 4.59. The van der Waals surface area contributed by atoms with Crippen molar-refractivity contribution in [1.82, 2.24) is 4.90 Å². The summed E-state index contributed by atoms with van der Waals surface area (Å²) < 4.78 is 44.2. The number of hydrogen-bond acceptors (Lipinski definition) is 5. The summed E-state index contributed by atoms with van der Waals surface area (Å²) in [4.78, 5) is 37.2. The van der Waals surface area contributed by atoms with Crippen molar-refractivity contribution in [1.29, 1.82) is 0 Å². The average molecular weight is 433 g/mol. The molecule has 0 radical (unpaired) electrons. The number of ether oxygens (including phenoxy) is 1. The maximum absolute atomic E-state index is 13.0. The van der Waals surface area contributed by atoms with E-state index >= 15 is 0 Å². The number of nitrogens with one attached hydrogen (secondary N) is 2. The molecule has 1 aromatic carbocycles. The van der Waals surface area contributed by atoms with Gasteiger partial charge in [-0.25, -0.2) is 4.79 Å². The van der Waals surface area contributed by atoms with E-state index in [2.05, 4.69) is 10.6 Å². The minimum Gasteiger partial charge on any atom is -0.444 e. The molecule has 0 unspecified atom stereocenters. The van der Waals surface area contributed by atoms with Crippen molar-refractivity contribution < 1.29 is 32.3 Å². The van der Waals surface area contributed by atoms with E-state index in [0.29, 0.717) is 12.3 Å². The predicted octanol–water partition coefficient (Wildman–Crippen LogP) is 4.55. The molecule has 0 aliphatic carbocycles. The molecule has 0 bridgehead atoms. The first-order valence-electron chi connectivity index (χ1n) is 8.78. The molecule has 160 valence electrons. The number of thioether (sulfide) groups is 1. The van der Waals surface area contributed by atoms with Crippen LogP contribution in [-0.4, -0.2) is 46.6 Å². The third-order valence-electron chi connectivity index (χ3n) is 3.71. The first-order valence-corrected chi connectivity index (χ1v) is 9.76. The minimum atomic E-state index is -4.62. The van der Waals surface area contributed by atoms with E-state index in [1.165, 1.54) is 4.90 Å². The summed E-state index contributed by atoms with van der Waals surface area (Å²) in [6, 6.07) is 2.58. The van der Waals surface area contributed by atoms with E-state index in [1.807, 2.05) is 0 Å². The van der Waals surface area contributed by atoms with Gasteiger partial charge in [0, 0.05) is 25.3 Å². The van der Waals surface area contributed by atoms with Gasteiger partial charge in [-0.05, 0) is 39.0 Å². The molecule has 0 atom stereocenters. The Balaban J connectivity index is 2.13. The molecule has 0 aromatic heterocycles. The molecule has 1 aliphatic heterocycles. The number of halogens is 3. The molecule has 0 spiro atoms. The third-order valence-corrected chi connectivity index (χ3v) is 4.60. The molecule has 1 aliphatic rings.